The first-order chi connectivity index (χ1) is 10.6. The van der Waals surface area contributed by atoms with E-state index in [1.165, 1.54) is 4.90 Å². The summed E-state index contributed by atoms with van der Waals surface area (Å²) in [5.74, 6) is -0.483. The number of amides is 2. The summed E-state index contributed by atoms with van der Waals surface area (Å²) in [7, 11) is 0. The van der Waals surface area contributed by atoms with Crippen LogP contribution < -0.4 is 11.5 Å². The summed E-state index contributed by atoms with van der Waals surface area (Å²) < 4.78 is 0. The normalized spacial score (nSPS) is 15.5. The van der Waals surface area contributed by atoms with Crippen molar-refractivity contribution in [1.82, 2.24) is 4.90 Å². The highest BCUT2D eigenvalue weighted by Gasteiger charge is 2.32. The summed E-state index contributed by atoms with van der Waals surface area (Å²) >= 11 is 0. The molecule has 3 rings (SSSR count). The SMILES string of the molecule is NCCC(N)CCN1C(=O)c2cccc3cccc(c23)C1=O. The van der Waals surface area contributed by atoms with Crippen LogP contribution in [0, 0.1) is 0 Å². The van der Waals surface area contributed by atoms with Crippen molar-refractivity contribution in [3.63, 3.8) is 0 Å². The van der Waals surface area contributed by atoms with Gasteiger partial charge in [-0.2, -0.15) is 0 Å². The van der Waals surface area contributed by atoms with Crippen molar-refractivity contribution in [3.05, 3.63) is 47.5 Å². The number of rotatable bonds is 5. The van der Waals surface area contributed by atoms with Crippen molar-refractivity contribution in [2.75, 3.05) is 13.1 Å². The molecule has 114 valence electrons. The molecule has 1 unspecified atom stereocenters. The van der Waals surface area contributed by atoms with Crippen LogP contribution in [0.15, 0.2) is 36.4 Å². The highest BCUT2D eigenvalue weighted by molar-refractivity contribution is 6.25. The van der Waals surface area contributed by atoms with Gasteiger partial charge in [-0.15, -0.1) is 0 Å². The molecule has 4 N–H and O–H groups in total. The molecule has 2 amide bonds. The molecule has 5 nitrogen and oxygen atoms in total. The van der Waals surface area contributed by atoms with Crippen LogP contribution in [0.4, 0.5) is 0 Å². The third-order valence-corrected chi connectivity index (χ3v) is 4.12. The lowest BCUT2D eigenvalue weighted by atomic mass is 9.94. The Bertz CT molecular complexity index is 691. The predicted molar refractivity (Wildman–Crippen MR) is 85.6 cm³/mol. The van der Waals surface area contributed by atoms with E-state index in [4.69, 9.17) is 11.5 Å². The molecule has 0 saturated carbocycles. The Labute approximate surface area is 128 Å². The fraction of sp³-hybridized carbons (Fsp3) is 0.294. The topological polar surface area (TPSA) is 89.4 Å². The summed E-state index contributed by atoms with van der Waals surface area (Å²) in [5.41, 5.74) is 12.6. The van der Waals surface area contributed by atoms with E-state index in [1.54, 1.807) is 12.1 Å². The van der Waals surface area contributed by atoms with Crippen molar-refractivity contribution in [2.45, 2.75) is 18.9 Å². The second-order valence-electron chi connectivity index (χ2n) is 5.60. The second-order valence-corrected chi connectivity index (χ2v) is 5.60. The largest absolute Gasteiger partial charge is 0.330 e. The molecule has 0 aromatic heterocycles. The molecule has 1 aliphatic heterocycles. The van der Waals surface area contributed by atoms with Crippen molar-refractivity contribution < 1.29 is 9.59 Å². The van der Waals surface area contributed by atoms with Gasteiger partial charge in [0.05, 0.1) is 0 Å². The van der Waals surface area contributed by atoms with Gasteiger partial charge in [-0.25, -0.2) is 0 Å². The molecule has 0 spiro atoms. The van der Waals surface area contributed by atoms with E-state index in [9.17, 15) is 9.59 Å². The highest BCUT2D eigenvalue weighted by Crippen LogP contribution is 2.29. The summed E-state index contributed by atoms with van der Waals surface area (Å²) in [6.45, 7) is 0.828. The van der Waals surface area contributed by atoms with Gasteiger partial charge in [0.1, 0.15) is 0 Å². The lowest BCUT2D eigenvalue weighted by molar-refractivity contribution is 0.0606. The maximum absolute atomic E-state index is 12.6. The summed E-state index contributed by atoms with van der Waals surface area (Å²) in [6, 6.07) is 11.0. The standard InChI is InChI=1S/C17H19N3O2/c18-9-7-12(19)8-10-20-16(21)13-5-1-3-11-4-2-6-14(15(11)13)17(20)22/h1-6,12H,7-10,18-19H2. The summed E-state index contributed by atoms with van der Waals surface area (Å²) in [4.78, 5) is 26.5. The first kappa shape index (κ1) is 14.7. The Morgan fingerprint density at radius 3 is 2.09 bits per heavy atom. The Kier molecular flexibility index (Phi) is 3.92. The van der Waals surface area contributed by atoms with E-state index < -0.39 is 0 Å². The monoisotopic (exact) mass is 297 g/mol. The van der Waals surface area contributed by atoms with E-state index in [1.807, 2.05) is 24.3 Å². The minimum absolute atomic E-state index is 0.0986. The fourth-order valence-corrected chi connectivity index (χ4v) is 2.94. The second kappa shape index (κ2) is 5.87. The van der Waals surface area contributed by atoms with E-state index in [0.717, 1.165) is 10.8 Å². The Hall–Kier alpha value is -2.24. The number of hydrogen-bond donors (Lipinski definition) is 2. The van der Waals surface area contributed by atoms with Crippen LogP contribution >= 0.6 is 0 Å². The number of benzene rings is 2. The van der Waals surface area contributed by atoms with Crippen molar-refractivity contribution in [2.24, 2.45) is 11.5 Å². The fourth-order valence-electron chi connectivity index (χ4n) is 2.94. The minimum Gasteiger partial charge on any atom is -0.330 e. The Morgan fingerprint density at radius 1 is 0.955 bits per heavy atom. The Balaban J connectivity index is 1.94. The van der Waals surface area contributed by atoms with E-state index in [2.05, 4.69) is 0 Å². The van der Waals surface area contributed by atoms with Crippen LogP contribution in [0.1, 0.15) is 33.6 Å². The number of carbonyl (C=O) groups excluding carboxylic acids is 2. The number of imide groups is 1. The quantitative estimate of drug-likeness (QED) is 0.818. The third kappa shape index (κ3) is 2.38. The molecule has 0 bridgehead atoms. The van der Waals surface area contributed by atoms with Crippen LogP contribution in [0.3, 0.4) is 0 Å². The minimum atomic E-state index is -0.241. The van der Waals surface area contributed by atoms with E-state index >= 15 is 0 Å². The van der Waals surface area contributed by atoms with Gasteiger partial charge in [-0.3, -0.25) is 14.5 Å². The molecule has 0 radical (unpaired) electrons. The predicted octanol–water partition coefficient (Wildman–Crippen LogP) is 1.50. The average Bonchev–Trinajstić information content (AvgIpc) is 2.52. The van der Waals surface area contributed by atoms with Gasteiger partial charge in [0.15, 0.2) is 0 Å². The van der Waals surface area contributed by atoms with Gasteiger partial charge >= 0.3 is 0 Å². The van der Waals surface area contributed by atoms with Crippen LogP contribution in [-0.4, -0.2) is 35.8 Å². The van der Waals surface area contributed by atoms with E-state index in [0.29, 0.717) is 37.1 Å². The zero-order valence-electron chi connectivity index (χ0n) is 12.3. The molecular formula is C17H19N3O2. The first-order valence-corrected chi connectivity index (χ1v) is 7.47. The summed E-state index contributed by atoms with van der Waals surface area (Å²) in [5, 5.41) is 1.67. The van der Waals surface area contributed by atoms with Gasteiger partial charge in [-0.05, 0) is 36.9 Å². The molecule has 2 aromatic carbocycles. The van der Waals surface area contributed by atoms with Crippen molar-refractivity contribution in [1.29, 1.82) is 0 Å². The maximum atomic E-state index is 12.6. The van der Waals surface area contributed by atoms with Crippen molar-refractivity contribution in [3.8, 4) is 0 Å². The van der Waals surface area contributed by atoms with E-state index in [-0.39, 0.29) is 17.9 Å². The number of carbonyl (C=O) groups is 2. The molecular weight excluding hydrogens is 278 g/mol. The molecule has 0 fully saturated rings. The third-order valence-electron chi connectivity index (χ3n) is 4.12. The molecule has 22 heavy (non-hydrogen) atoms. The number of nitrogens with two attached hydrogens (primary N) is 2. The lowest BCUT2D eigenvalue weighted by Gasteiger charge is -2.28. The van der Waals surface area contributed by atoms with Crippen molar-refractivity contribution >= 4 is 22.6 Å². The molecule has 1 heterocycles. The molecule has 0 aliphatic carbocycles. The highest BCUT2D eigenvalue weighted by atomic mass is 16.2. The molecule has 0 saturated heterocycles. The van der Waals surface area contributed by atoms with Crippen LogP contribution in [0.2, 0.25) is 0 Å². The average molecular weight is 297 g/mol. The molecule has 5 heteroatoms. The lowest BCUT2D eigenvalue weighted by Crippen LogP contribution is -2.42. The van der Waals surface area contributed by atoms with Gasteiger partial charge < -0.3 is 11.5 Å². The van der Waals surface area contributed by atoms with Gasteiger partial charge in [0, 0.05) is 29.1 Å². The van der Waals surface area contributed by atoms with Crippen LogP contribution in [0.5, 0.6) is 0 Å². The molecule has 2 aromatic rings. The van der Waals surface area contributed by atoms with Gasteiger partial charge in [-0.1, -0.05) is 24.3 Å². The molecule has 1 atom stereocenters. The summed E-state index contributed by atoms with van der Waals surface area (Å²) in [6.07, 6.45) is 1.25. The van der Waals surface area contributed by atoms with Gasteiger partial charge in [0.25, 0.3) is 11.8 Å². The van der Waals surface area contributed by atoms with Gasteiger partial charge in [0.2, 0.25) is 0 Å². The number of hydrogen-bond acceptors (Lipinski definition) is 4. The van der Waals surface area contributed by atoms with Crippen LogP contribution in [0.25, 0.3) is 10.8 Å². The smallest absolute Gasteiger partial charge is 0.261 e. The Morgan fingerprint density at radius 2 is 1.55 bits per heavy atom. The maximum Gasteiger partial charge on any atom is 0.261 e. The zero-order chi connectivity index (χ0) is 15.7. The first-order valence-electron chi connectivity index (χ1n) is 7.47. The zero-order valence-corrected chi connectivity index (χ0v) is 12.3. The molecule has 1 aliphatic rings. The number of nitrogens with zero attached hydrogens (tertiary/aromatic N) is 1. The van der Waals surface area contributed by atoms with Crippen LogP contribution in [-0.2, 0) is 0 Å².